The molecule has 1 atom stereocenters. The molecule has 1 fully saturated rings. The highest BCUT2D eigenvalue weighted by Gasteiger charge is 2.25. The maximum atomic E-state index is 13.6. The molecular weight excluding hydrogens is 449 g/mol. The van der Waals surface area contributed by atoms with E-state index in [0.29, 0.717) is 24.8 Å². The zero-order chi connectivity index (χ0) is 23.9. The second-order valence-corrected chi connectivity index (χ2v) is 9.95. The van der Waals surface area contributed by atoms with Gasteiger partial charge in [-0.1, -0.05) is 48.5 Å². The molecule has 34 heavy (non-hydrogen) atoms. The van der Waals surface area contributed by atoms with Crippen LogP contribution >= 0.6 is 11.8 Å². The van der Waals surface area contributed by atoms with E-state index < -0.39 is 0 Å². The number of piperidine rings is 1. The van der Waals surface area contributed by atoms with Crippen molar-refractivity contribution < 1.29 is 9.18 Å². The van der Waals surface area contributed by atoms with Gasteiger partial charge in [0.15, 0.2) is 11.0 Å². The predicted molar refractivity (Wildman–Crippen MR) is 133 cm³/mol. The van der Waals surface area contributed by atoms with E-state index >= 15 is 0 Å². The van der Waals surface area contributed by atoms with Crippen LogP contribution in [0.5, 0.6) is 0 Å². The average Bonchev–Trinajstić information content (AvgIpc) is 3.25. The van der Waals surface area contributed by atoms with Crippen LogP contribution in [-0.4, -0.2) is 55.4 Å². The summed E-state index contributed by atoms with van der Waals surface area (Å²) in [7, 11) is 0. The average molecular weight is 482 g/mol. The van der Waals surface area contributed by atoms with Crippen LogP contribution in [0.3, 0.4) is 0 Å². The normalized spacial score (nSPS) is 15.3. The van der Waals surface area contributed by atoms with Crippen LogP contribution in [0.2, 0.25) is 0 Å². The van der Waals surface area contributed by atoms with Crippen molar-refractivity contribution in [3.8, 4) is 5.69 Å². The number of aromatic nitrogens is 3. The SMILES string of the molecule is CCN(Cc1ccccc1)C(=O)C(C)Sc1nnc(CN2CCCCC2)n1-c1ccc(F)cc1. The third kappa shape index (κ3) is 6.04. The van der Waals surface area contributed by atoms with Crippen LogP contribution in [0.15, 0.2) is 59.8 Å². The molecule has 0 bridgehead atoms. The lowest BCUT2D eigenvalue weighted by Gasteiger charge is -2.26. The second-order valence-electron chi connectivity index (χ2n) is 8.65. The molecule has 1 aliphatic rings. The van der Waals surface area contributed by atoms with Gasteiger partial charge in [0.25, 0.3) is 0 Å². The van der Waals surface area contributed by atoms with Crippen molar-refractivity contribution in [2.45, 2.75) is 56.6 Å². The zero-order valence-electron chi connectivity index (χ0n) is 19.9. The van der Waals surface area contributed by atoms with Gasteiger partial charge >= 0.3 is 0 Å². The lowest BCUT2D eigenvalue weighted by Crippen LogP contribution is -2.36. The quantitative estimate of drug-likeness (QED) is 0.406. The van der Waals surface area contributed by atoms with Crippen molar-refractivity contribution in [3.05, 3.63) is 71.8 Å². The van der Waals surface area contributed by atoms with Crippen molar-refractivity contribution >= 4 is 17.7 Å². The second kappa shape index (κ2) is 11.6. The molecule has 2 heterocycles. The van der Waals surface area contributed by atoms with Crippen molar-refractivity contribution in [1.82, 2.24) is 24.6 Å². The van der Waals surface area contributed by atoms with Gasteiger partial charge in [0.1, 0.15) is 5.82 Å². The summed E-state index contributed by atoms with van der Waals surface area (Å²) >= 11 is 1.40. The number of hydrogen-bond donors (Lipinski definition) is 0. The summed E-state index contributed by atoms with van der Waals surface area (Å²) in [6.45, 7) is 7.87. The Morgan fingerprint density at radius 3 is 2.44 bits per heavy atom. The van der Waals surface area contributed by atoms with Crippen molar-refractivity contribution in [3.63, 3.8) is 0 Å². The molecule has 8 heteroatoms. The topological polar surface area (TPSA) is 54.3 Å². The Morgan fingerprint density at radius 2 is 1.76 bits per heavy atom. The number of rotatable bonds is 9. The van der Waals surface area contributed by atoms with Crippen LogP contribution in [0, 0.1) is 5.82 Å². The lowest BCUT2D eigenvalue weighted by molar-refractivity contribution is -0.130. The van der Waals surface area contributed by atoms with Gasteiger partial charge in [-0.25, -0.2) is 4.39 Å². The van der Waals surface area contributed by atoms with E-state index in [1.807, 2.05) is 53.6 Å². The van der Waals surface area contributed by atoms with Crippen molar-refractivity contribution in [2.24, 2.45) is 0 Å². The first-order chi connectivity index (χ1) is 16.5. The number of carbonyl (C=O) groups excluding carboxylic acids is 1. The maximum Gasteiger partial charge on any atom is 0.236 e. The van der Waals surface area contributed by atoms with Crippen LogP contribution in [-0.2, 0) is 17.9 Å². The minimum absolute atomic E-state index is 0.0580. The van der Waals surface area contributed by atoms with E-state index in [1.54, 1.807) is 12.1 Å². The maximum absolute atomic E-state index is 13.6. The van der Waals surface area contributed by atoms with Gasteiger partial charge in [-0.15, -0.1) is 10.2 Å². The van der Waals surface area contributed by atoms with Gasteiger partial charge in [0.2, 0.25) is 5.91 Å². The molecule has 2 aromatic carbocycles. The van der Waals surface area contributed by atoms with E-state index in [2.05, 4.69) is 15.1 Å². The molecule has 3 aromatic rings. The molecule has 1 aromatic heterocycles. The Balaban J connectivity index is 1.55. The molecule has 1 unspecified atom stereocenters. The Bertz CT molecular complexity index is 1070. The summed E-state index contributed by atoms with van der Waals surface area (Å²) in [4.78, 5) is 17.5. The van der Waals surface area contributed by atoms with E-state index in [4.69, 9.17) is 0 Å². The van der Waals surface area contributed by atoms with Crippen LogP contribution in [0.25, 0.3) is 5.69 Å². The smallest absolute Gasteiger partial charge is 0.236 e. The van der Waals surface area contributed by atoms with Gasteiger partial charge < -0.3 is 4.90 Å². The number of amides is 1. The highest BCUT2D eigenvalue weighted by Crippen LogP contribution is 2.28. The summed E-state index contributed by atoms with van der Waals surface area (Å²) in [6.07, 6.45) is 3.64. The fourth-order valence-corrected chi connectivity index (χ4v) is 5.23. The van der Waals surface area contributed by atoms with Gasteiger partial charge in [0, 0.05) is 18.8 Å². The summed E-state index contributed by atoms with van der Waals surface area (Å²) in [6, 6.07) is 16.4. The Morgan fingerprint density at radius 1 is 1.06 bits per heavy atom. The Hall–Kier alpha value is -2.71. The number of hydrogen-bond acceptors (Lipinski definition) is 5. The Labute approximate surface area is 205 Å². The van der Waals surface area contributed by atoms with E-state index in [9.17, 15) is 9.18 Å². The third-order valence-corrected chi connectivity index (χ3v) is 7.17. The fourth-order valence-electron chi connectivity index (χ4n) is 4.26. The number of likely N-dealkylation sites (tertiary alicyclic amines) is 1. The molecule has 0 N–H and O–H groups in total. The first-order valence-electron chi connectivity index (χ1n) is 12.0. The fraction of sp³-hybridized carbons (Fsp3) is 0.423. The lowest BCUT2D eigenvalue weighted by atomic mass is 10.1. The van der Waals surface area contributed by atoms with E-state index in [0.717, 1.165) is 30.2 Å². The molecule has 0 saturated carbocycles. The molecular formula is C26H32FN5OS. The molecule has 180 valence electrons. The Kier molecular flexibility index (Phi) is 8.34. The molecule has 0 spiro atoms. The van der Waals surface area contributed by atoms with Crippen LogP contribution < -0.4 is 0 Å². The highest BCUT2D eigenvalue weighted by molar-refractivity contribution is 8.00. The van der Waals surface area contributed by atoms with Crippen LogP contribution in [0.4, 0.5) is 4.39 Å². The molecule has 6 nitrogen and oxygen atoms in total. The summed E-state index contributed by atoms with van der Waals surface area (Å²) in [5.41, 5.74) is 1.91. The number of nitrogens with zero attached hydrogens (tertiary/aromatic N) is 5. The molecule has 0 radical (unpaired) electrons. The summed E-state index contributed by atoms with van der Waals surface area (Å²) in [5, 5.41) is 9.25. The summed E-state index contributed by atoms with van der Waals surface area (Å²) in [5.74, 6) is 0.585. The number of halogens is 1. The number of carbonyl (C=O) groups is 1. The standard InChI is InChI=1S/C26H32FN5OS/c1-3-31(18-21-10-6-4-7-11-21)25(33)20(2)34-26-29-28-24(19-30-16-8-5-9-17-30)32(26)23-14-12-22(27)13-15-23/h4,6-7,10-15,20H,3,5,8-9,16-19H2,1-2H3. The van der Waals surface area contributed by atoms with Crippen LogP contribution in [0.1, 0.15) is 44.5 Å². The minimum atomic E-state index is -0.338. The molecule has 4 rings (SSSR count). The highest BCUT2D eigenvalue weighted by atomic mass is 32.2. The van der Waals surface area contributed by atoms with Gasteiger partial charge in [-0.2, -0.15) is 0 Å². The van der Waals surface area contributed by atoms with E-state index in [-0.39, 0.29) is 17.0 Å². The minimum Gasteiger partial charge on any atom is -0.338 e. The van der Waals surface area contributed by atoms with E-state index in [1.165, 1.54) is 43.2 Å². The van der Waals surface area contributed by atoms with Gasteiger partial charge in [-0.05, 0) is 69.6 Å². The number of thioether (sulfide) groups is 1. The van der Waals surface area contributed by atoms with Gasteiger partial charge in [0.05, 0.1) is 11.8 Å². The molecule has 1 saturated heterocycles. The monoisotopic (exact) mass is 481 g/mol. The largest absolute Gasteiger partial charge is 0.338 e. The predicted octanol–water partition coefficient (Wildman–Crippen LogP) is 4.92. The third-order valence-electron chi connectivity index (χ3n) is 6.14. The first-order valence-corrected chi connectivity index (χ1v) is 12.8. The van der Waals surface area contributed by atoms with Gasteiger partial charge in [-0.3, -0.25) is 14.3 Å². The number of benzene rings is 2. The molecule has 1 amide bonds. The van der Waals surface area contributed by atoms with Crippen molar-refractivity contribution in [2.75, 3.05) is 19.6 Å². The van der Waals surface area contributed by atoms with Crippen molar-refractivity contribution in [1.29, 1.82) is 0 Å². The first kappa shape index (κ1) is 24.4. The zero-order valence-corrected chi connectivity index (χ0v) is 20.7. The summed E-state index contributed by atoms with van der Waals surface area (Å²) < 4.78 is 15.6. The molecule has 1 aliphatic heterocycles. The molecule has 0 aliphatic carbocycles.